The van der Waals surface area contributed by atoms with Crippen molar-refractivity contribution in [1.29, 1.82) is 0 Å². The maximum Gasteiger partial charge on any atom is 0.416 e. The largest absolute Gasteiger partial charge is 0.416 e. The van der Waals surface area contributed by atoms with Crippen molar-refractivity contribution in [2.75, 3.05) is 24.5 Å². The second kappa shape index (κ2) is 9.45. The molecule has 2 aromatic carbocycles. The number of benzene rings is 2. The van der Waals surface area contributed by atoms with Gasteiger partial charge in [0.15, 0.2) is 0 Å². The summed E-state index contributed by atoms with van der Waals surface area (Å²) in [5, 5.41) is 8.47. The molecular formula is C29H33F3N6O. The zero-order chi connectivity index (χ0) is 27.5. The summed E-state index contributed by atoms with van der Waals surface area (Å²) in [4.78, 5) is 17.2. The van der Waals surface area contributed by atoms with Crippen LogP contribution in [0.15, 0.2) is 42.7 Å². The second-order valence-electron chi connectivity index (χ2n) is 11.6. The maximum absolute atomic E-state index is 14.2. The fourth-order valence-electron chi connectivity index (χ4n) is 6.89. The van der Waals surface area contributed by atoms with Crippen LogP contribution in [0.1, 0.15) is 64.6 Å². The van der Waals surface area contributed by atoms with Crippen LogP contribution < -0.4 is 10.6 Å². The number of hydrogen-bond donors (Lipinski definition) is 1. The van der Waals surface area contributed by atoms with Crippen molar-refractivity contribution >= 4 is 11.6 Å². The smallest absolute Gasteiger partial charge is 0.330 e. The van der Waals surface area contributed by atoms with Gasteiger partial charge in [-0.3, -0.25) is 9.69 Å². The number of carbonyl (C=O) groups is 1. The van der Waals surface area contributed by atoms with Crippen LogP contribution in [0.2, 0.25) is 0 Å². The van der Waals surface area contributed by atoms with Crippen molar-refractivity contribution in [3.8, 4) is 0 Å². The van der Waals surface area contributed by atoms with E-state index < -0.39 is 17.6 Å². The Kier molecular flexibility index (Phi) is 6.30. The number of aryl methyl sites for hydroxylation is 1. The van der Waals surface area contributed by atoms with Crippen molar-refractivity contribution in [1.82, 2.24) is 19.7 Å². The highest BCUT2D eigenvalue weighted by molar-refractivity contribution is 6.10. The first-order chi connectivity index (χ1) is 18.6. The number of aromatic nitrogens is 3. The fraction of sp³-hybridized carbons (Fsp3) is 0.483. The van der Waals surface area contributed by atoms with E-state index in [-0.39, 0.29) is 23.1 Å². The minimum absolute atomic E-state index is 0.0446. The topological polar surface area (TPSA) is 80.3 Å². The van der Waals surface area contributed by atoms with Crippen LogP contribution in [0.25, 0.3) is 0 Å². The van der Waals surface area contributed by atoms with Gasteiger partial charge in [-0.2, -0.15) is 13.2 Å². The molecular weight excluding hydrogens is 505 g/mol. The van der Waals surface area contributed by atoms with Gasteiger partial charge in [-0.25, -0.2) is 0 Å². The summed E-state index contributed by atoms with van der Waals surface area (Å²) in [6.45, 7) is 4.56. The molecule has 1 saturated carbocycles. The van der Waals surface area contributed by atoms with E-state index >= 15 is 0 Å². The number of fused-ring (bicyclic) bond motifs is 1. The van der Waals surface area contributed by atoms with Crippen LogP contribution in [-0.2, 0) is 31.7 Å². The molecule has 0 radical (unpaired) electrons. The van der Waals surface area contributed by atoms with Gasteiger partial charge in [0.25, 0.3) is 5.91 Å². The number of anilines is 1. The van der Waals surface area contributed by atoms with Crippen LogP contribution in [0.5, 0.6) is 0 Å². The quantitative estimate of drug-likeness (QED) is 0.500. The normalized spacial score (nSPS) is 25.3. The minimum atomic E-state index is -4.56. The summed E-state index contributed by atoms with van der Waals surface area (Å²) in [5.74, 6) is 1.32. The number of likely N-dealkylation sites (tertiary alicyclic amines) is 1. The van der Waals surface area contributed by atoms with Crippen LogP contribution in [0.4, 0.5) is 18.9 Å². The second-order valence-corrected chi connectivity index (χ2v) is 11.6. The maximum atomic E-state index is 14.2. The number of nitrogens with zero attached hydrogens (tertiary/aromatic N) is 5. The van der Waals surface area contributed by atoms with Gasteiger partial charge in [-0.1, -0.05) is 19.1 Å². The van der Waals surface area contributed by atoms with Crippen molar-refractivity contribution in [2.45, 2.75) is 50.9 Å². The summed E-state index contributed by atoms with van der Waals surface area (Å²) in [6.07, 6.45) is -0.161. The van der Waals surface area contributed by atoms with Crippen molar-refractivity contribution in [2.24, 2.45) is 24.6 Å². The highest BCUT2D eigenvalue weighted by Crippen LogP contribution is 2.52. The zero-order valence-corrected chi connectivity index (χ0v) is 22.2. The summed E-state index contributed by atoms with van der Waals surface area (Å²) >= 11 is 0. The van der Waals surface area contributed by atoms with Crippen LogP contribution in [-0.4, -0.2) is 45.2 Å². The fourth-order valence-corrected chi connectivity index (χ4v) is 6.89. The van der Waals surface area contributed by atoms with E-state index in [2.05, 4.69) is 22.0 Å². The van der Waals surface area contributed by atoms with Gasteiger partial charge in [-0.15, -0.1) is 10.2 Å². The number of halogens is 3. The van der Waals surface area contributed by atoms with E-state index in [9.17, 15) is 18.0 Å². The van der Waals surface area contributed by atoms with E-state index in [4.69, 9.17) is 5.73 Å². The van der Waals surface area contributed by atoms with Gasteiger partial charge in [0, 0.05) is 31.4 Å². The number of alkyl halides is 3. The average Bonchev–Trinajstić information content (AvgIpc) is 3.60. The van der Waals surface area contributed by atoms with Gasteiger partial charge in [0.05, 0.1) is 17.5 Å². The van der Waals surface area contributed by atoms with Gasteiger partial charge in [0.1, 0.15) is 12.2 Å². The molecule has 7 nitrogen and oxygen atoms in total. The molecule has 0 unspecified atom stereocenters. The average molecular weight is 539 g/mol. The molecule has 0 bridgehead atoms. The molecule has 206 valence electrons. The molecule has 3 aliphatic rings. The molecule has 6 rings (SSSR count). The lowest BCUT2D eigenvalue weighted by Crippen LogP contribution is -2.43. The third kappa shape index (κ3) is 4.43. The SMILES string of the molecule is CC1CC(c2cccc(N3Cc4c(cc(CN5CC[C@@H](CN)C5)cc4C(F)(F)F)C3=O)c2)(c2nncn2C)C1. The molecule has 1 saturated heterocycles. The van der Waals surface area contributed by atoms with Gasteiger partial charge < -0.3 is 15.2 Å². The van der Waals surface area contributed by atoms with Crippen molar-refractivity contribution < 1.29 is 18.0 Å². The Morgan fingerprint density at radius 3 is 2.62 bits per heavy atom. The lowest BCUT2D eigenvalue weighted by atomic mass is 9.58. The van der Waals surface area contributed by atoms with Gasteiger partial charge >= 0.3 is 6.18 Å². The van der Waals surface area contributed by atoms with E-state index in [1.54, 1.807) is 18.5 Å². The van der Waals surface area contributed by atoms with Crippen LogP contribution in [0.3, 0.4) is 0 Å². The first-order valence-electron chi connectivity index (χ1n) is 13.5. The van der Waals surface area contributed by atoms with E-state index in [0.29, 0.717) is 36.2 Å². The Labute approximate surface area is 225 Å². The van der Waals surface area contributed by atoms with Crippen molar-refractivity contribution in [3.63, 3.8) is 0 Å². The molecule has 1 atom stereocenters. The molecule has 0 spiro atoms. The predicted molar refractivity (Wildman–Crippen MR) is 141 cm³/mol. The monoisotopic (exact) mass is 538 g/mol. The molecule has 1 aliphatic carbocycles. The van der Waals surface area contributed by atoms with Crippen LogP contribution >= 0.6 is 0 Å². The molecule has 2 fully saturated rings. The highest BCUT2D eigenvalue weighted by atomic mass is 19.4. The Morgan fingerprint density at radius 1 is 1.18 bits per heavy atom. The van der Waals surface area contributed by atoms with Crippen molar-refractivity contribution in [3.05, 3.63) is 76.4 Å². The Bertz CT molecular complexity index is 1410. The molecule has 1 aromatic heterocycles. The number of carbonyl (C=O) groups excluding carboxylic acids is 1. The molecule has 2 N–H and O–H groups in total. The molecule has 2 aliphatic heterocycles. The molecule has 1 amide bonds. The first kappa shape index (κ1) is 26.0. The third-order valence-electron chi connectivity index (χ3n) is 8.76. The Hall–Kier alpha value is -3.24. The zero-order valence-electron chi connectivity index (χ0n) is 22.2. The molecule has 10 heteroatoms. The van der Waals surface area contributed by atoms with E-state index in [1.165, 1.54) is 11.0 Å². The number of nitrogens with two attached hydrogens (primary N) is 1. The lowest BCUT2D eigenvalue weighted by Gasteiger charge is -2.46. The Balaban J connectivity index is 1.34. The Morgan fingerprint density at radius 2 is 1.97 bits per heavy atom. The predicted octanol–water partition coefficient (Wildman–Crippen LogP) is 4.49. The molecule has 3 aromatic rings. The summed E-state index contributed by atoms with van der Waals surface area (Å²) in [7, 11) is 1.92. The molecule has 3 heterocycles. The standard InChI is InChI=1S/C29H33F3N6O/c1-18-11-28(12-18,27-35-34-17-36(27)2)21-4-3-5-22(10-21)38-16-24-23(26(38)39)8-20(9-25(24)29(30,31)32)15-37-7-6-19(13-33)14-37/h3-5,8-10,17-19H,6-7,11-16,33H2,1-2H3/t18?,19-,28?/m0/s1. The number of rotatable bonds is 6. The highest BCUT2D eigenvalue weighted by Gasteiger charge is 2.48. The summed E-state index contributed by atoms with van der Waals surface area (Å²) in [5.41, 5.74) is 7.01. The van der Waals surface area contributed by atoms with Gasteiger partial charge in [0.2, 0.25) is 0 Å². The molecule has 39 heavy (non-hydrogen) atoms. The van der Waals surface area contributed by atoms with E-state index in [1.807, 2.05) is 29.8 Å². The van der Waals surface area contributed by atoms with Gasteiger partial charge in [-0.05, 0) is 85.1 Å². The number of amides is 1. The minimum Gasteiger partial charge on any atom is -0.330 e. The lowest BCUT2D eigenvalue weighted by molar-refractivity contribution is -0.138. The summed E-state index contributed by atoms with van der Waals surface area (Å²) < 4.78 is 44.6. The van der Waals surface area contributed by atoms with Crippen LogP contribution in [0, 0.1) is 11.8 Å². The van der Waals surface area contributed by atoms with E-state index in [0.717, 1.165) is 43.7 Å². The summed E-state index contributed by atoms with van der Waals surface area (Å²) in [6, 6.07) is 10.5. The number of hydrogen-bond acceptors (Lipinski definition) is 5. The third-order valence-corrected chi connectivity index (χ3v) is 8.76. The first-order valence-corrected chi connectivity index (χ1v) is 13.5.